The molecular weight excluding hydrogens is 236 g/mol. The molecule has 5 heteroatoms. The summed E-state index contributed by atoms with van der Waals surface area (Å²) in [5.74, 6) is -0.925. The fourth-order valence-corrected chi connectivity index (χ4v) is 2.64. The van der Waals surface area contributed by atoms with Gasteiger partial charge in [0.2, 0.25) is 0 Å². The van der Waals surface area contributed by atoms with Gasteiger partial charge in [-0.25, -0.2) is 13.8 Å². The second kappa shape index (κ2) is 5.08. The van der Waals surface area contributed by atoms with Gasteiger partial charge in [-0.3, -0.25) is 0 Å². The molecule has 0 radical (unpaired) electrons. The Hall–Kier alpha value is -1.39. The molecule has 0 bridgehead atoms. The Bertz CT molecular complexity index is 436. The third-order valence-corrected chi connectivity index (χ3v) is 3.73. The van der Waals surface area contributed by atoms with Crippen molar-refractivity contribution in [3.8, 4) is 0 Å². The smallest absolute Gasteiger partial charge is 0.168 e. The average Bonchev–Trinajstić information content (AvgIpc) is 2.33. The lowest BCUT2D eigenvalue weighted by molar-refractivity contribution is 0.334. The van der Waals surface area contributed by atoms with Crippen LogP contribution >= 0.6 is 0 Å². The molecule has 0 spiro atoms. The second-order valence-electron chi connectivity index (χ2n) is 5.20. The van der Waals surface area contributed by atoms with E-state index in [1.54, 1.807) is 11.9 Å². The molecular formula is C13H19F2N3. The van der Waals surface area contributed by atoms with Crippen LogP contribution in [0.2, 0.25) is 0 Å². The van der Waals surface area contributed by atoms with Crippen LogP contribution in [0.15, 0.2) is 6.07 Å². The first-order valence-electron chi connectivity index (χ1n) is 6.33. The van der Waals surface area contributed by atoms with Gasteiger partial charge in [-0.2, -0.15) is 0 Å². The van der Waals surface area contributed by atoms with Gasteiger partial charge in [-0.05, 0) is 18.8 Å². The molecule has 18 heavy (non-hydrogen) atoms. The summed E-state index contributed by atoms with van der Waals surface area (Å²) < 4.78 is 26.8. The van der Waals surface area contributed by atoms with Crippen LogP contribution in [0, 0.1) is 17.6 Å². The Morgan fingerprint density at radius 3 is 2.72 bits per heavy atom. The highest BCUT2D eigenvalue weighted by Crippen LogP contribution is 2.30. The van der Waals surface area contributed by atoms with Crippen LogP contribution in [0.25, 0.3) is 0 Å². The number of hydrogen-bond acceptors (Lipinski definition) is 3. The Labute approximate surface area is 106 Å². The predicted molar refractivity (Wildman–Crippen MR) is 68.4 cm³/mol. The molecule has 1 aromatic rings. The molecule has 1 aliphatic rings. The molecule has 1 saturated carbocycles. The zero-order chi connectivity index (χ0) is 13.3. The van der Waals surface area contributed by atoms with Crippen LogP contribution in [0.3, 0.4) is 0 Å². The second-order valence-corrected chi connectivity index (χ2v) is 5.20. The Morgan fingerprint density at radius 1 is 1.33 bits per heavy atom. The van der Waals surface area contributed by atoms with Crippen molar-refractivity contribution in [2.75, 3.05) is 17.7 Å². The summed E-state index contributed by atoms with van der Waals surface area (Å²) in [5, 5.41) is 0. The zero-order valence-corrected chi connectivity index (χ0v) is 10.8. The molecule has 3 nitrogen and oxygen atoms in total. The van der Waals surface area contributed by atoms with Crippen LogP contribution in [0.1, 0.15) is 32.6 Å². The van der Waals surface area contributed by atoms with Gasteiger partial charge in [0.1, 0.15) is 0 Å². The maximum atomic E-state index is 13.7. The number of anilines is 2. The van der Waals surface area contributed by atoms with Crippen LogP contribution < -0.4 is 10.6 Å². The van der Waals surface area contributed by atoms with Gasteiger partial charge in [-0.1, -0.05) is 19.8 Å². The van der Waals surface area contributed by atoms with Crippen molar-refractivity contribution in [3.63, 3.8) is 0 Å². The summed E-state index contributed by atoms with van der Waals surface area (Å²) in [6.45, 7) is 2.20. The number of aromatic nitrogens is 1. The molecule has 2 N–H and O–H groups in total. The number of halogens is 2. The van der Waals surface area contributed by atoms with Crippen LogP contribution in [0.4, 0.5) is 20.4 Å². The number of nitrogens with zero attached hydrogens (tertiary/aromatic N) is 2. The van der Waals surface area contributed by atoms with Crippen molar-refractivity contribution in [1.82, 2.24) is 4.98 Å². The van der Waals surface area contributed by atoms with E-state index in [1.807, 2.05) is 0 Å². The van der Waals surface area contributed by atoms with Crippen LogP contribution in [0.5, 0.6) is 0 Å². The highest BCUT2D eigenvalue weighted by Gasteiger charge is 2.25. The van der Waals surface area contributed by atoms with Gasteiger partial charge in [0, 0.05) is 19.2 Å². The van der Waals surface area contributed by atoms with E-state index >= 15 is 0 Å². The summed E-state index contributed by atoms with van der Waals surface area (Å²) >= 11 is 0. The van der Waals surface area contributed by atoms with Crippen molar-refractivity contribution in [3.05, 3.63) is 17.7 Å². The Balaban J connectivity index is 2.22. The normalized spacial score (nSPS) is 24.0. The number of hydrogen-bond donors (Lipinski definition) is 1. The Morgan fingerprint density at radius 2 is 2.06 bits per heavy atom. The minimum absolute atomic E-state index is 0.146. The number of nitrogen functional groups attached to an aromatic ring is 1. The maximum absolute atomic E-state index is 13.7. The van der Waals surface area contributed by atoms with Gasteiger partial charge < -0.3 is 10.6 Å². The quantitative estimate of drug-likeness (QED) is 0.883. The van der Waals surface area contributed by atoms with E-state index < -0.39 is 11.6 Å². The molecule has 100 valence electrons. The summed E-state index contributed by atoms with van der Waals surface area (Å²) in [6, 6.07) is 1.06. The fourth-order valence-electron chi connectivity index (χ4n) is 2.64. The van der Waals surface area contributed by atoms with Gasteiger partial charge >= 0.3 is 0 Å². The number of nitrogens with two attached hydrogens (primary N) is 1. The summed E-state index contributed by atoms with van der Waals surface area (Å²) in [6.07, 6.45) is 4.37. The van der Waals surface area contributed by atoms with Crippen molar-refractivity contribution < 1.29 is 8.78 Å². The standard InChI is InChI=1S/C13H19F2N3/c1-8-4-3-5-9(6-8)18(2)13-11(15)7-10(14)12(16)17-13/h7-9H,3-6H2,1-2H3,(H2,16,17). The van der Waals surface area contributed by atoms with Crippen molar-refractivity contribution in [2.24, 2.45) is 5.92 Å². The highest BCUT2D eigenvalue weighted by atomic mass is 19.1. The van der Waals surface area contributed by atoms with Crippen LogP contribution in [-0.4, -0.2) is 18.1 Å². The van der Waals surface area contributed by atoms with E-state index in [0.717, 1.165) is 25.3 Å². The maximum Gasteiger partial charge on any atom is 0.168 e. The summed E-state index contributed by atoms with van der Waals surface area (Å²) in [5.41, 5.74) is 5.40. The predicted octanol–water partition coefficient (Wildman–Crippen LogP) is 2.96. The molecule has 0 saturated heterocycles. The molecule has 2 unspecified atom stereocenters. The van der Waals surface area contributed by atoms with Crippen LogP contribution in [-0.2, 0) is 0 Å². The zero-order valence-electron chi connectivity index (χ0n) is 10.8. The molecule has 0 aliphatic heterocycles. The van der Waals surface area contributed by atoms with E-state index in [9.17, 15) is 8.78 Å². The molecule has 0 aromatic carbocycles. The van der Waals surface area contributed by atoms with E-state index in [-0.39, 0.29) is 17.7 Å². The molecule has 2 rings (SSSR count). The third kappa shape index (κ3) is 2.54. The van der Waals surface area contributed by atoms with Crippen molar-refractivity contribution in [1.29, 1.82) is 0 Å². The summed E-state index contributed by atoms with van der Waals surface area (Å²) in [7, 11) is 1.80. The van der Waals surface area contributed by atoms with E-state index in [0.29, 0.717) is 5.92 Å². The minimum atomic E-state index is -0.804. The van der Waals surface area contributed by atoms with Crippen molar-refractivity contribution >= 4 is 11.6 Å². The Kier molecular flexibility index (Phi) is 3.68. The lowest BCUT2D eigenvalue weighted by Crippen LogP contribution is -2.36. The molecule has 1 heterocycles. The lowest BCUT2D eigenvalue weighted by atomic mass is 9.86. The van der Waals surface area contributed by atoms with Gasteiger partial charge in [-0.15, -0.1) is 0 Å². The highest BCUT2D eigenvalue weighted by molar-refractivity contribution is 5.47. The molecule has 2 atom stereocenters. The van der Waals surface area contributed by atoms with E-state index in [2.05, 4.69) is 11.9 Å². The first-order chi connectivity index (χ1) is 8.49. The van der Waals surface area contributed by atoms with Gasteiger partial charge in [0.25, 0.3) is 0 Å². The van der Waals surface area contributed by atoms with E-state index in [1.165, 1.54) is 6.42 Å². The molecule has 1 fully saturated rings. The topological polar surface area (TPSA) is 42.2 Å². The molecule has 0 amide bonds. The monoisotopic (exact) mass is 255 g/mol. The molecule has 1 aromatic heterocycles. The summed E-state index contributed by atoms with van der Waals surface area (Å²) in [4.78, 5) is 5.62. The first kappa shape index (κ1) is 13.1. The number of rotatable bonds is 2. The van der Waals surface area contributed by atoms with Gasteiger partial charge in [0.05, 0.1) is 0 Å². The SMILES string of the molecule is CC1CCCC(N(C)c2nc(N)c(F)cc2F)C1. The van der Waals surface area contributed by atoms with E-state index in [4.69, 9.17) is 5.73 Å². The van der Waals surface area contributed by atoms with Crippen molar-refractivity contribution in [2.45, 2.75) is 38.6 Å². The van der Waals surface area contributed by atoms with Gasteiger partial charge in [0.15, 0.2) is 23.3 Å². The third-order valence-electron chi connectivity index (χ3n) is 3.73. The molecule has 1 aliphatic carbocycles. The lowest BCUT2D eigenvalue weighted by Gasteiger charge is -2.35. The largest absolute Gasteiger partial charge is 0.381 e. The first-order valence-corrected chi connectivity index (χ1v) is 6.33. The number of pyridine rings is 1. The average molecular weight is 255 g/mol. The fraction of sp³-hybridized carbons (Fsp3) is 0.615. The minimum Gasteiger partial charge on any atom is -0.381 e.